The Balaban J connectivity index is 2.65. The Hall–Kier alpha value is 0.310. The Bertz CT molecular complexity index is 225. The van der Waals surface area contributed by atoms with Crippen LogP contribution in [0.25, 0.3) is 0 Å². The fraction of sp³-hybridized carbons (Fsp3) is 1.00. The summed E-state index contributed by atoms with van der Waals surface area (Å²) in [5.41, 5.74) is 6.45. The largest absolute Gasteiger partial charge is 0.330 e. The molecule has 0 aliphatic heterocycles. The van der Waals surface area contributed by atoms with Gasteiger partial charge in [-0.05, 0) is 48.3 Å². The minimum Gasteiger partial charge on any atom is -0.330 e. The Morgan fingerprint density at radius 3 is 2.41 bits per heavy atom. The van der Waals surface area contributed by atoms with Crippen molar-refractivity contribution >= 4 is 11.8 Å². The van der Waals surface area contributed by atoms with Gasteiger partial charge in [0.2, 0.25) is 0 Å². The summed E-state index contributed by atoms with van der Waals surface area (Å²) in [5.74, 6) is 1.65. The molecule has 0 aromatic heterocycles. The lowest BCUT2D eigenvalue weighted by atomic mass is 9.67. The highest BCUT2D eigenvalue weighted by Gasteiger charge is 2.37. The van der Waals surface area contributed by atoms with Gasteiger partial charge in [-0.2, -0.15) is 11.8 Å². The van der Waals surface area contributed by atoms with Gasteiger partial charge in [-0.15, -0.1) is 0 Å². The van der Waals surface area contributed by atoms with E-state index >= 15 is 0 Å². The van der Waals surface area contributed by atoms with Crippen LogP contribution in [0, 0.1) is 17.3 Å². The monoisotopic (exact) mass is 257 g/mol. The van der Waals surface area contributed by atoms with Crippen molar-refractivity contribution in [3.63, 3.8) is 0 Å². The third-order valence-electron chi connectivity index (χ3n) is 4.69. The predicted octanol–water partition coefficient (Wildman–Crippen LogP) is 4.31. The second-order valence-electron chi connectivity index (χ2n) is 6.57. The summed E-state index contributed by atoms with van der Waals surface area (Å²) in [4.78, 5) is 0. The smallest absolute Gasteiger partial charge is 0.00927 e. The molecule has 0 radical (unpaired) electrons. The molecule has 1 fully saturated rings. The van der Waals surface area contributed by atoms with Gasteiger partial charge in [0.1, 0.15) is 0 Å². The summed E-state index contributed by atoms with van der Waals surface area (Å²) in [7, 11) is 0. The molecule has 3 unspecified atom stereocenters. The van der Waals surface area contributed by atoms with Crippen molar-refractivity contribution < 1.29 is 0 Å². The Morgan fingerprint density at radius 1 is 1.29 bits per heavy atom. The van der Waals surface area contributed by atoms with E-state index in [1.54, 1.807) is 0 Å². The van der Waals surface area contributed by atoms with Gasteiger partial charge in [0.25, 0.3) is 0 Å². The summed E-state index contributed by atoms with van der Waals surface area (Å²) < 4.78 is 0. The van der Waals surface area contributed by atoms with Crippen molar-refractivity contribution in [3.05, 3.63) is 0 Å². The lowest BCUT2D eigenvalue weighted by Crippen LogP contribution is -2.38. The van der Waals surface area contributed by atoms with E-state index in [1.165, 1.54) is 25.7 Å². The van der Waals surface area contributed by atoms with E-state index in [2.05, 4.69) is 46.4 Å². The van der Waals surface area contributed by atoms with E-state index in [9.17, 15) is 0 Å². The van der Waals surface area contributed by atoms with Crippen LogP contribution in [-0.4, -0.2) is 17.0 Å². The minimum atomic E-state index is 0.509. The standard InChI is InChI=1S/C15H31NS/c1-6-15(4,5)13-8-7-12(10-16)14(9-13)17-11(2)3/h11-14H,6-10,16H2,1-5H3. The van der Waals surface area contributed by atoms with E-state index in [-0.39, 0.29) is 0 Å². The summed E-state index contributed by atoms with van der Waals surface area (Å²) in [6.07, 6.45) is 5.41. The van der Waals surface area contributed by atoms with Crippen LogP contribution < -0.4 is 5.73 Å². The molecule has 2 heteroatoms. The molecule has 0 spiro atoms. The van der Waals surface area contributed by atoms with Gasteiger partial charge in [-0.1, -0.05) is 41.0 Å². The van der Waals surface area contributed by atoms with Gasteiger partial charge in [0.05, 0.1) is 0 Å². The van der Waals surface area contributed by atoms with E-state index < -0.39 is 0 Å². The molecule has 1 aliphatic carbocycles. The van der Waals surface area contributed by atoms with E-state index in [1.807, 2.05) is 0 Å². The average Bonchev–Trinajstić information content (AvgIpc) is 2.28. The highest BCUT2D eigenvalue weighted by molar-refractivity contribution is 8.00. The number of thioether (sulfide) groups is 1. The normalized spacial score (nSPS) is 30.9. The zero-order chi connectivity index (χ0) is 13.1. The first-order valence-electron chi connectivity index (χ1n) is 7.26. The molecule has 17 heavy (non-hydrogen) atoms. The third kappa shape index (κ3) is 4.17. The predicted molar refractivity (Wildman–Crippen MR) is 80.5 cm³/mol. The molecule has 1 nitrogen and oxygen atoms in total. The van der Waals surface area contributed by atoms with Crippen LogP contribution in [0.4, 0.5) is 0 Å². The molecule has 0 bridgehead atoms. The van der Waals surface area contributed by atoms with Crippen molar-refractivity contribution in [2.24, 2.45) is 23.0 Å². The van der Waals surface area contributed by atoms with E-state index in [0.717, 1.165) is 28.9 Å². The second kappa shape index (κ2) is 6.47. The van der Waals surface area contributed by atoms with Gasteiger partial charge in [0, 0.05) is 5.25 Å². The summed E-state index contributed by atoms with van der Waals surface area (Å²) >= 11 is 2.16. The first-order chi connectivity index (χ1) is 7.90. The first kappa shape index (κ1) is 15.4. The molecule has 102 valence electrons. The lowest BCUT2D eigenvalue weighted by Gasteiger charge is -2.43. The molecular formula is C15H31NS. The Labute approximate surface area is 112 Å². The van der Waals surface area contributed by atoms with Crippen LogP contribution in [0.15, 0.2) is 0 Å². The fourth-order valence-corrected chi connectivity index (χ4v) is 4.49. The first-order valence-corrected chi connectivity index (χ1v) is 8.20. The molecule has 0 heterocycles. The molecule has 0 saturated heterocycles. The SMILES string of the molecule is CCC(C)(C)C1CCC(CN)C(SC(C)C)C1. The molecule has 1 saturated carbocycles. The van der Waals surface area contributed by atoms with Crippen molar-refractivity contribution in [1.29, 1.82) is 0 Å². The number of rotatable bonds is 5. The van der Waals surface area contributed by atoms with E-state index in [0.29, 0.717) is 5.41 Å². The second-order valence-corrected chi connectivity index (χ2v) is 8.39. The summed E-state index contributed by atoms with van der Waals surface area (Å²) in [6.45, 7) is 12.7. The topological polar surface area (TPSA) is 26.0 Å². The maximum Gasteiger partial charge on any atom is 0.00927 e. The minimum absolute atomic E-state index is 0.509. The Morgan fingerprint density at radius 2 is 1.94 bits per heavy atom. The maximum absolute atomic E-state index is 5.94. The molecular weight excluding hydrogens is 226 g/mol. The van der Waals surface area contributed by atoms with Crippen LogP contribution in [0.2, 0.25) is 0 Å². The highest BCUT2D eigenvalue weighted by Crippen LogP contribution is 2.46. The van der Waals surface area contributed by atoms with E-state index in [4.69, 9.17) is 5.73 Å². The van der Waals surface area contributed by atoms with Gasteiger partial charge in [-0.25, -0.2) is 0 Å². The zero-order valence-electron chi connectivity index (χ0n) is 12.3. The number of nitrogens with two attached hydrogens (primary N) is 1. The quantitative estimate of drug-likeness (QED) is 0.794. The summed E-state index contributed by atoms with van der Waals surface area (Å²) in [6, 6.07) is 0. The van der Waals surface area contributed by atoms with Crippen LogP contribution >= 0.6 is 11.8 Å². The maximum atomic E-state index is 5.94. The lowest BCUT2D eigenvalue weighted by molar-refractivity contribution is 0.134. The molecule has 2 N–H and O–H groups in total. The number of hydrogen-bond donors (Lipinski definition) is 1. The molecule has 0 amide bonds. The van der Waals surface area contributed by atoms with Gasteiger partial charge in [0.15, 0.2) is 0 Å². The molecule has 0 aromatic rings. The summed E-state index contributed by atoms with van der Waals surface area (Å²) in [5, 5.41) is 1.53. The van der Waals surface area contributed by atoms with Crippen molar-refractivity contribution in [3.8, 4) is 0 Å². The highest BCUT2D eigenvalue weighted by atomic mass is 32.2. The zero-order valence-corrected chi connectivity index (χ0v) is 13.1. The van der Waals surface area contributed by atoms with Crippen molar-refractivity contribution in [2.45, 2.75) is 70.8 Å². The Kier molecular flexibility index (Phi) is 5.85. The molecule has 3 atom stereocenters. The average molecular weight is 257 g/mol. The third-order valence-corrected chi connectivity index (χ3v) is 6.17. The van der Waals surface area contributed by atoms with Gasteiger partial charge in [-0.3, -0.25) is 0 Å². The van der Waals surface area contributed by atoms with Crippen LogP contribution in [0.5, 0.6) is 0 Å². The van der Waals surface area contributed by atoms with Crippen LogP contribution in [-0.2, 0) is 0 Å². The van der Waals surface area contributed by atoms with Gasteiger partial charge >= 0.3 is 0 Å². The van der Waals surface area contributed by atoms with Crippen molar-refractivity contribution in [1.82, 2.24) is 0 Å². The molecule has 0 aromatic carbocycles. The van der Waals surface area contributed by atoms with Crippen molar-refractivity contribution in [2.75, 3.05) is 6.54 Å². The number of hydrogen-bond acceptors (Lipinski definition) is 2. The molecule has 1 rings (SSSR count). The van der Waals surface area contributed by atoms with Crippen LogP contribution in [0.3, 0.4) is 0 Å². The van der Waals surface area contributed by atoms with Gasteiger partial charge < -0.3 is 5.73 Å². The van der Waals surface area contributed by atoms with Crippen LogP contribution in [0.1, 0.15) is 60.3 Å². The molecule has 1 aliphatic rings. The fourth-order valence-electron chi connectivity index (χ4n) is 2.98.